The highest BCUT2D eigenvalue weighted by atomic mass is 16.5. The Morgan fingerprint density at radius 3 is 1.95 bits per heavy atom. The number of ether oxygens (including phenoxy) is 1. The summed E-state index contributed by atoms with van der Waals surface area (Å²) >= 11 is 0. The number of hydrogen-bond donors (Lipinski definition) is 0. The lowest BCUT2D eigenvalue weighted by Gasteiger charge is -2.06. The van der Waals surface area contributed by atoms with Crippen molar-refractivity contribution in [2.45, 2.75) is 27.2 Å². The standard InChI is InChI=1S/C16H16O.C3H6O2/c1-12-5-3-4-6-16(12)11-14-7-9-15(10-8-14)13(2)17;1-3(4)5-2/h3-10H,11H2,1-2H3;1-2H3. The molecule has 22 heavy (non-hydrogen) atoms. The molecule has 0 saturated heterocycles. The summed E-state index contributed by atoms with van der Waals surface area (Å²) in [7, 11) is 1.35. The molecule has 2 aromatic rings. The van der Waals surface area contributed by atoms with Crippen LogP contribution in [0.5, 0.6) is 0 Å². The van der Waals surface area contributed by atoms with Gasteiger partial charge in [0, 0.05) is 12.5 Å². The molecule has 3 nitrogen and oxygen atoms in total. The molecule has 0 aliphatic rings. The van der Waals surface area contributed by atoms with Crippen molar-refractivity contribution in [3.05, 3.63) is 70.8 Å². The number of carbonyl (C=O) groups is 2. The lowest BCUT2D eigenvalue weighted by molar-refractivity contribution is -0.137. The molecular formula is C19H22O3. The minimum Gasteiger partial charge on any atom is -0.469 e. The summed E-state index contributed by atoms with van der Waals surface area (Å²) in [6, 6.07) is 16.2. The van der Waals surface area contributed by atoms with Crippen LogP contribution in [-0.4, -0.2) is 18.9 Å². The number of methoxy groups -OCH3 is 1. The molecule has 0 aliphatic heterocycles. The summed E-state index contributed by atoms with van der Waals surface area (Å²) in [5.74, 6) is -0.127. The van der Waals surface area contributed by atoms with Gasteiger partial charge in [-0.2, -0.15) is 0 Å². The summed E-state index contributed by atoms with van der Waals surface area (Å²) in [5.41, 5.74) is 4.66. The van der Waals surface area contributed by atoms with Crippen LogP contribution in [0.3, 0.4) is 0 Å². The van der Waals surface area contributed by atoms with Gasteiger partial charge in [0.1, 0.15) is 0 Å². The van der Waals surface area contributed by atoms with Crippen LogP contribution in [0.1, 0.15) is 40.9 Å². The van der Waals surface area contributed by atoms with Crippen LogP contribution in [0.4, 0.5) is 0 Å². The molecule has 0 heterocycles. The molecule has 0 bridgehead atoms. The van der Waals surface area contributed by atoms with Crippen molar-refractivity contribution in [1.82, 2.24) is 0 Å². The Kier molecular flexibility index (Phi) is 7.03. The topological polar surface area (TPSA) is 43.4 Å². The van der Waals surface area contributed by atoms with E-state index in [9.17, 15) is 9.59 Å². The summed E-state index contributed by atoms with van der Waals surface area (Å²) in [6.45, 7) is 5.08. The number of ketones is 1. The lowest BCUT2D eigenvalue weighted by Crippen LogP contribution is -1.94. The molecule has 2 rings (SSSR count). The van der Waals surface area contributed by atoms with Gasteiger partial charge in [-0.1, -0.05) is 48.5 Å². The van der Waals surface area contributed by atoms with E-state index in [1.54, 1.807) is 6.92 Å². The van der Waals surface area contributed by atoms with Crippen LogP contribution >= 0.6 is 0 Å². The van der Waals surface area contributed by atoms with Gasteiger partial charge in [-0.25, -0.2) is 0 Å². The maximum Gasteiger partial charge on any atom is 0.302 e. The van der Waals surface area contributed by atoms with Gasteiger partial charge in [-0.3, -0.25) is 9.59 Å². The van der Waals surface area contributed by atoms with Gasteiger partial charge in [0.2, 0.25) is 0 Å². The van der Waals surface area contributed by atoms with E-state index in [1.807, 2.05) is 24.3 Å². The number of carbonyl (C=O) groups excluding carboxylic acids is 2. The van der Waals surface area contributed by atoms with Crippen molar-refractivity contribution in [2.24, 2.45) is 0 Å². The molecule has 0 aromatic heterocycles. The Hall–Kier alpha value is -2.42. The first-order chi connectivity index (χ1) is 10.4. The molecule has 0 radical (unpaired) electrons. The Bertz CT molecular complexity index is 627. The molecule has 0 saturated carbocycles. The van der Waals surface area contributed by atoms with Crippen molar-refractivity contribution in [2.75, 3.05) is 7.11 Å². The number of hydrogen-bond acceptors (Lipinski definition) is 3. The minimum atomic E-state index is -0.245. The zero-order valence-corrected chi connectivity index (χ0v) is 13.6. The van der Waals surface area contributed by atoms with Crippen LogP contribution in [0.15, 0.2) is 48.5 Å². The van der Waals surface area contributed by atoms with Gasteiger partial charge in [0.25, 0.3) is 0 Å². The highest BCUT2D eigenvalue weighted by Gasteiger charge is 2.01. The fourth-order valence-electron chi connectivity index (χ4n) is 1.89. The molecule has 2 aromatic carbocycles. The Labute approximate surface area is 131 Å². The molecule has 0 N–H and O–H groups in total. The summed E-state index contributed by atoms with van der Waals surface area (Å²) in [5, 5.41) is 0. The van der Waals surface area contributed by atoms with Crippen molar-refractivity contribution in [1.29, 1.82) is 0 Å². The zero-order valence-electron chi connectivity index (χ0n) is 13.6. The Morgan fingerprint density at radius 2 is 1.50 bits per heavy atom. The highest BCUT2D eigenvalue weighted by molar-refractivity contribution is 5.94. The van der Waals surface area contributed by atoms with E-state index < -0.39 is 0 Å². The second-order valence-electron chi connectivity index (χ2n) is 5.05. The molecular weight excluding hydrogens is 276 g/mol. The number of aryl methyl sites for hydroxylation is 1. The molecule has 0 spiro atoms. The third-order valence-corrected chi connectivity index (χ3v) is 3.30. The van der Waals surface area contributed by atoms with E-state index in [4.69, 9.17) is 0 Å². The molecule has 0 unspecified atom stereocenters. The van der Waals surface area contributed by atoms with E-state index >= 15 is 0 Å². The van der Waals surface area contributed by atoms with Crippen LogP contribution in [0.25, 0.3) is 0 Å². The maximum atomic E-state index is 11.2. The molecule has 0 aliphatic carbocycles. The predicted molar refractivity (Wildman–Crippen MR) is 88.1 cm³/mol. The van der Waals surface area contributed by atoms with Gasteiger partial charge in [0.15, 0.2) is 5.78 Å². The number of rotatable bonds is 3. The second kappa shape index (κ2) is 8.78. The first kappa shape index (κ1) is 17.6. The normalized spacial score (nSPS) is 9.45. The van der Waals surface area contributed by atoms with Crippen LogP contribution in [-0.2, 0) is 16.0 Å². The smallest absolute Gasteiger partial charge is 0.302 e. The van der Waals surface area contributed by atoms with Crippen molar-refractivity contribution < 1.29 is 14.3 Å². The van der Waals surface area contributed by atoms with Gasteiger partial charge in [0.05, 0.1) is 7.11 Å². The fraction of sp³-hybridized carbons (Fsp3) is 0.263. The van der Waals surface area contributed by atoms with E-state index in [2.05, 4.69) is 35.9 Å². The van der Waals surface area contributed by atoms with Crippen molar-refractivity contribution in [3.8, 4) is 0 Å². The fourth-order valence-corrected chi connectivity index (χ4v) is 1.89. The zero-order chi connectivity index (χ0) is 16.5. The largest absolute Gasteiger partial charge is 0.469 e. The van der Waals surface area contributed by atoms with Gasteiger partial charge >= 0.3 is 5.97 Å². The summed E-state index contributed by atoms with van der Waals surface area (Å²) in [4.78, 5) is 20.8. The Balaban J connectivity index is 0.000000422. The third kappa shape index (κ3) is 5.92. The van der Waals surface area contributed by atoms with Gasteiger partial charge < -0.3 is 4.74 Å². The average Bonchev–Trinajstić information content (AvgIpc) is 2.50. The molecule has 116 valence electrons. The van der Waals surface area contributed by atoms with Crippen molar-refractivity contribution in [3.63, 3.8) is 0 Å². The predicted octanol–water partition coefficient (Wildman–Crippen LogP) is 3.97. The summed E-state index contributed by atoms with van der Waals surface area (Å²) in [6.07, 6.45) is 0.921. The summed E-state index contributed by atoms with van der Waals surface area (Å²) < 4.78 is 4.11. The van der Waals surface area contributed by atoms with Crippen LogP contribution in [0, 0.1) is 6.92 Å². The SMILES string of the molecule is CC(=O)c1ccc(Cc2ccccc2C)cc1.COC(C)=O. The Morgan fingerprint density at radius 1 is 0.955 bits per heavy atom. The maximum absolute atomic E-state index is 11.2. The molecule has 0 amide bonds. The van der Waals surface area contributed by atoms with E-state index in [0.717, 1.165) is 12.0 Å². The van der Waals surface area contributed by atoms with E-state index in [-0.39, 0.29) is 11.8 Å². The first-order valence-electron chi connectivity index (χ1n) is 7.13. The lowest BCUT2D eigenvalue weighted by atomic mass is 9.99. The van der Waals surface area contributed by atoms with Gasteiger partial charge in [-0.15, -0.1) is 0 Å². The highest BCUT2D eigenvalue weighted by Crippen LogP contribution is 2.14. The average molecular weight is 298 g/mol. The quantitative estimate of drug-likeness (QED) is 0.636. The van der Waals surface area contributed by atoms with Crippen LogP contribution < -0.4 is 0 Å². The first-order valence-corrected chi connectivity index (χ1v) is 7.13. The number of benzene rings is 2. The van der Waals surface area contributed by atoms with Gasteiger partial charge in [-0.05, 0) is 37.0 Å². The molecule has 0 atom stereocenters. The minimum absolute atomic E-state index is 0.118. The monoisotopic (exact) mass is 298 g/mol. The number of Topliss-reactive ketones (excluding diaryl/α,β-unsaturated/α-hetero) is 1. The van der Waals surface area contributed by atoms with E-state index in [1.165, 1.54) is 30.7 Å². The molecule has 0 fully saturated rings. The van der Waals surface area contributed by atoms with Crippen molar-refractivity contribution >= 4 is 11.8 Å². The third-order valence-electron chi connectivity index (χ3n) is 3.30. The number of esters is 1. The van der Waals surface area contributed by atoms with E-state index in [0.29, 0.717) is 0 Å². The molecule has 3 heteroatoms. The second-order valence-corrected chi connectivity index (χ2v) is 5.05. The van der Waals surface area contributed by atoms with Crippen LogP contribution in [0.2, 0.25) is 0 Å².